The Morgan fingerprint density at radius 3 is 2.41 bits per heavy atom. The molecule has 2 aromatic carbocycles. The number of ether oxygens (including phenoxy) is 2. The van der Waals surface area contributed by atoms with Crippen LogP contribution in [0, 0.1) is 10.1 Å². The number of halogens is 1. The minimum Gasteiger partial charge on any atom is -0.493 e. The fraction of sp³-hybridized carbons (Fsp3) is 0.350. The second kappa shape index (κ2) is 11.3. The summed E-state index contributed by atoms with van der Waals surface area (Å²) in [5.41, 5.74) is 1.07. The Balaban J connectivity index is 2.19. The number of carbonyl (C=O) groups is 1. The number of nitrogens with one attached hydrogen (secondary N) is 2. The van der Waals surface area contributed by atoms with E-state index in [0.29, 0.717) is 36.6 Å². The number of carbonyl (C=O) groups excluding carboxylic acids is 1. The molecule has 0 spiro atoms. The topological polar surface area (TPSA) is 103 Å². The van der Waals surface area contributed by atoms with Crippen LogP contribution in [0.25, 0.3) is 0 Å². The molecule has 0 aromatic heterocycles. The second-order valence-electron chi connectivity index (χ2n) is 6.20. The molecule has 0 bridgehead atoms. The Morgan fingerprint density at radius 2 is 1.79 bits per heavy atom. The number of benzene rings is 2. The summed E-state index contributed by atoms with van der Waals surface area (Å²) in [6, 6.07) is 9.71. The van der Waals surface area contributed by atoms with Crippen molar-refractivity contribution in [1.29, 1.82) is 0 Å². The van der Waals surface area contributed by atoms with Crippen LogP contribution in [0.15, 0.2) is 40.9 Å². The zero-order chi connectivity index (χ0) is 21.2. The lowest BCUT2D eigenvalue weighted by Gasteiger charge is -2.15. The third-order valence-electron chi connectivity index (χ3n) is 3.78. The maximum absolute atomic E-state index is 12.2. The van der Waals surface area contributed by atoms with E-state index in [4.69, 9.17) is 9.47 Å². The number of urea groups is 1. The van der Waals surface area contributed by atoms with Crippen LogP contribution in [0.2, 0.25) is 0 Å². The fourth-order valence-electron chi connectivity index (χ4n) is 2.46. The highest BCUT2D eigenvalue weighted by Gasteiger charge is 2.21. The van der Waals surface area contributed by atoms with E-state index in [1.54, 1.807) is 18.2 Å². The molecule has 0 radical (unpaired) electrons. The standard InChI is InChI=1S/C20H24BrN3O5/c1-3-8-28-18-12-17(24(26)27)19(29-9-4-2)10-14(18)13-22-20(25)23-16-7-5-6-15(21)11-16/h5-7,10-12H,3-4,8-9,13H2,1-2H3,(H2,22,23,25). The Kier molecular flexibility index (Phi) is 8.72. The van der Waals surface area contributed by atoms with Gasteiger partial charge in [0, 0.05) is 22.3 Å². The lowest BCUT2D eigenvalue weighted by Crippen LogP contribution is -2.28. The van der Waals surface area contributed by atoms with Crippen LogP contribution in [0.1, 0.15) is 32.3 Å². The largest absolute Gasteiger partial charge is 0.493 e. The van der Waals surface area contributed by atoms with Crippen molar-refractivity contribution in [3.05, 3.63) is 56.5 Å². The number of nitro groups is 1. The van der Waals surface area contributed by atoms with Crippen molar-refractivity contribution in [3.63, 3.8) is 0 Å². The van der Waals surface area contributed by atoms with E-state index in [9.17, 15) is 14.9 Å². The van der Waals surface area contributed by atoms with Gasteiger partial charge in [0.05, 0.1) is 24.2 Å². The van der Waals surface area contributed by atoms with E-state index in [-0.39, 0.29) is 18.0 Å². The predicted octanol–water partition coefficient (Wildman–Crippen LogP) is 5.26. The summed E-state index contributed by atoms with van der Waals surface area (Å²) in [6.07, 6.45) is 1.46. The first kappa shape index (κ1) is 22.5. The van der Waals surface area contributed by atoms with Crippen molar-refractivity contribution in [2.24, 2.45) is 0 Å². The first-order chi connectivity index (χ1) is 13.9. The van der Waals surface area contributed by atoms with Gasteiger partial charge in [-0.15, -0.1) is 0 Å². The van der Waals surface area contributed by atoms with Crippen molar-refractivity contribution >= 4 is 33.3 Å². The number of hydrogen-bond acceptors (Lipinski definition) is 5. The highest BCUT2D eigenvalue weighted by Crippen LogP contribution is 2.35. The van der Waals surface area contributed by atoms with E-state index in [1.165, 1.54) is 6.07 Å². The molecule has 2 rings (SSSR count). The van der Waals surface area contributed by atoms with Crippen molar-refractivity contribution in [3.8, 4) is 11.5 Å². The third-order valence-corrected chi connectivity index (χ3v) is 4.28. The van der Waals surface area contributed by atoms with E-state index in [2.05, 4.69) is 26.6 Å². The molecule has 0 heterocycles. The van der Waals surface area contributed by atoms with Gasteiger partial charge in [-0.3, -0.25) is 10.1 Å². The highest BCUT2D eigenvalue weighted by atomic mass is 79.9. The van der Waals surface area contributed by atoms with E-state index in [1.807, 2.05) is 26.0 Å². The zero-order valence-electron chi connectivity index (χ0n) is 16.4. The van der Waals surface area contributed by atoms with Gasteiger partial charge in [-0.05, 0) is 37.1 Å². The van der Waals surface area contributed by atoms with Gasteiger partial charge in [0.2, 0.25) is 0 Å². The Hall–Kier alpha value is -2.81. The molecule has 0 unspecified atom stereocenters. The summed E-state index contributed by atoms with van der Waals surface area (Å²) in [5.74, 6) is 0.509. The average molecular weight is 466 g/mol. The third kappa shape index (κ3) is 6.94. The molecule has 9 heteroatoms. The van der Waals surface area contributed by atoms with Crippen LogP contribution in [0.4, 0.5) is 16.2 Å². The molecule has 2 amide bonds. The summed E-state index contributed by atoms with van der Waals surface area (Å²) >= 11 is 3.35. The van der Waals surface area contributed by atoms with Crippen LogP contribution in [-0.2, 0) is 6.54 Å². The summed E-state index contributed by atoms with van der Waals surface area (Å²) in [5, 5.41) is 16.9. The summed E-state index contributed by atoms with van der Waals surface area (Å²) in [7, 11) is 0. The van der Waals surface area contributed by atoms with Gasteiger partial charge in [0.15, 0.2) is 5.75 Å². The molecule has 29 heavy (non-hydrogen) atoms. The smallest absolute Gasteiger partial charge is 0.319 e. The van der Waals surface area contributed by atoms with Crippen LogP contribution < -0.4 is 20.1 Å². The first-order valence-electron chi connectivity index (χ1n) is 9.31. The number of rotatable bonds is 10. The average Bonchev–Trinajstić information content (AvgIpc) is 2.69. The lowest BCUT2D eigenvalue weighted by molar-refractivity contribution is -0.386. The van der Waals surface area contributed by atoms with Crippen molar-refractivity contribution in [1.82, 2.24) is 5.32 Å². The van der Waals surface area contributed by atoms with E-state index in [0.717, 1.165) is 10.9 Å². The van der Waals surface area contributed by atoms with Gasteiger partial charge in [-0.25, -0.2) is 4.79 Å². The van der Waals surface area contributed by atoms with Crippen LogP contribution >= 0.6 is 15.9 Å². The molecule has 0 saturated carbocycles. The lowest BCUT2D eigenvalue weighted by atomic mass is 10.1. The molecule has 8 nitrogen and oxygen atoms in total. The van der Waals surface area contributed by atoms with Crippen molar-refractivity contribution in [2.75, 3.05) is 18.5 Å². The molecule has 0 saturated heterocycles. The van der Waals surface area contributed by atoms with Crippen LogP contribution in [0.5, 0.6) is 11.5 Å². The molecule has 2 aromatic rings. The van der Waals surface area contributed by atoms with Crippen LogP contribution in [-0.4, -0.2) is 24.2 Å². The van der Waals surface area contributed by atoms with Gasteiger partial charge in [0.25, 0.3) is 0 Å². The normalized spacial score (nSPS) is 10.3. The number of nitrogens with zero attached hydrogens (tertiary/aromatic N) is 1. The van der Waals surface area contributed by atoms with Gasteiger partial charge >= 0.3 is 11.7 Å². The summed E-state index contributed by atoms with van der Waals surface area (Å²) in [4.78, 5) is 23.1. The predicted molar refractivity (Wildman–Crippen MR) is 115 cm³/mol. The number of anilines is 1. The summed E-state index contributed by atoms with van der Waals surface area (Å²) in [6.45, 7) is 4.74. The van der Waals surface area contributed by atoms with Gasteiger partial charge < -0.3 is 20.1 Å². The highest BCUT2D eigenvalue weighted by molar-refractivity contribution is 9.10. The summed E-state index contributed by atoms with van der Waals surface area (Å²) < 4.78 is 12.0. The Morgan fingerprint density at radius 1 is 1.10 bits per heavy atom. The fourth-order valence-corrected chi connectivity index (χ4v) is 2.86. The maximum atomic E-state index is 12.2. The maximum Gasteiger partial charge on any atom is 0.319 e. The van der Waals surface area contributed by atoms with Gasteiger partial charge in [-0.1, -0.05) is 35.8 Å². The van der Waals surface area contributed by atoms with Crippen molar-refractivity contribution in [2.45, 2.75) is 33.2 Å². The Bertz CT molecular complexity index is 860. The molecular formula is C20H24BrN3O5. The molecule has 0 atom stereocenters. The zero-order valence-corrected chi connectivity index (χ0v) is 18.0. The molecule has 2 N–H and O–H groups in total. The van der Waals surface area contributed by atoms with E-state index < -0.39 is 11.0 Å². The number of hydrogen-bond donors (Lipinski definition) is 2. The number of amides is 2. The van der Waals surface area contributed by atoms with E-state index >= 15 is 0 Å². The Labute approximate surface area is 177 Å². The monoisotopic (exact) mass is 465 g/mol. The first-order valence-corrected chi connectivity index (χ1v) is 10.1. The number of nitro benzene ring substituents is 1. The quantitative estimate of drug-likeness (QED) is 0.368. The van der Waals surface area contributed by atoms with Crippen molar-refractivity contribution < 1.29 is 19.2 Å². The van der Waals surface area contributed by atoms with Gasteiger partial charge in [-0.2, -0.15) is 0 Å². The second-order valence-corrected chi connectivity index (χ2v) is 7.12. The molecule has 156 valence electrons. The van der Waals surface area contributed by atoms with Crippen LogP contribution in [0.3, 0.4) is 0 Å². The SMILES string of the molecule is CCCOc1cc([N+](=O)[O-])c(OCCC)cc1CNC(=O)Nc1cccc(Br)c1. The molecular weight excluding hydrogens is 442 g/mol. The molecule has 0 aliphatic carbocycles. The minimum atomic E-state index is -0.499. The van der Waals surface area contributed by atoms with Gasteiger partial charge in [0.1, 0.15) is 5.75 Å². The minimum absolute atomic E-state index is 0.124. The molecule has 0 fully saturated rings. The molecule has 0 aliphatic rings. The molecule has 0 aliphatic heterocycles.